The molecule has 19 heavy (non-hydrogen) atoms. The number of halogens is 2. The van der Waals surface area contributed by atoms with Gasteiger partial charge in [-0.05, 0) is 62.6 Å². The van der Waals surface area contributed by atoms with Gasteiger partial charge in [-0.2, -0.15) is 0 Å². The average Bonchev–Trinajstić information content (AvgIpc) is 3.11. The van der Waals surface area contributed by atoms with Crippen LogP contribution in [0.2, 0.25) is 0 Å². The summed E-state index contributed by atoms with van der Waals surface area (Å²) in [6.45, 7) is 1.02. The molecule has 0 bridgehead atoms. The summed E-state index contributed by atoms with van der Waals surface area (Å²) >= 11 is 0. The first kappa shape index (κ1) is 13.0. The zero-order chi connectivity index (χ0) is 13.2. The molecule has 1 nitrogen and oxygen atoms in total. The van der Waals surface area contributed by atoms with Gasteiger partial charge in [0.05, 0.1) is 0 Å². The number of nitrogens with one attached hydrogen (secondary N) is 1. The third-order valence-corrected chi connectivity index (χ3v) is 4.59. The largest absolute Gasteiger partial charge is 0.314 e. The average molecular weight is 265 g/mol. The summed E-state index contributed by atoms with van der Waals surface area (Å²) in [4.78, 5) is 0. The molecule has 0 aliphatic heterocycles. The van der Waals surface area contributed by atoms with Gasteiger partial charge < -0.3 is 5.32 Å². The van der Waals surface area contributed by atoms with Crippen molar-refractivity contribution in [2.75, 3.05) is 6.54 Å². The molecule has 104 valence electrons. The molecule has 0 radical (unpaired) electrons. The fourth-order valence-electron chi connectivity index (χ4n) is 3.25. The molecule has 2 aliphatic carbocycles. The first-order valence-electron chi connectivity index (χ1n) is 7.40. The Hall–Kier alpha value is -0.960. The molecule has 0 heterocycles. The summed E-state index contributed by atoms with van der Waals surface area (Å²) in [5.74, 6) is 0.235. The second-order valence-corrected chi connectivity index (χ2v) is 6.04. The lowest BCUT2D eigenvalue weighted by Crippen LogP contribution is -2.28. The molecule has 3 heteroatoms. The van der Waals surface area contributed by atoms with Crippen molar-refractivity contribution in [1.82, 2.24) is 5.32 Å². The molecule has 0 spiro atoms. The van der Waals surface area contributed by atoms with E-state index in [-0.39, 0.29) is 17.2 Å². The Kier molecular flexibility index (Phi) is 3.83. The van der Waals surface area contributed by atoms with Crippen LogP contribution in [0.4, 0.5) is 8.78 Å². The van der Waals surface area contributed by atoms with Crippen molar-refractivity contribution < 1.29 is 8.78 Å². The fraction of sp³-hybridized carbons (Fsp3) is 0.625. The lowest BCUT2D eigenvalue weighted by Gasteiger charge is -2.20. The minimum atomic E-state index is -0.388. The number of benzene rings is 1. The molecule has 1 aromatic carbocycles. The summed E-state index contributed by atoms with van der Waals surface area (Å²) in [7, 11) is 0. The minimum Gasteiger partial charge on any atom is -0.314 e. The Labute approximate surface area is 113 Å². The molecule has 0 amide bonds. The fourth-order valence-corrected chi connectivity index (χ4v) is 3.25. The van der Waals surface area contributed by atoms with Crippen LogP contribution >= 0.6 is 0 Å². The van der Waals surface area contributed by atoms with Crippen LogP contribution in [0.3, 0.4) is 0 Å². The second kappa shape index (κ2) is 5.58. The van der Waals surface area contributed by atoms with Crippen molar-refractivity contribution >= 4 is 0 Å². The van der Waals surface area contributed by atoms with Gasteiger partial charge in [0.1, 0.15) is 11.6 Å². The van der Waals surface area contributed by atoms with Crippen molar-refractivity contribution in [3.63, 3.8) is 0 Å². The van der Waals surface area contributed by atoms with E-state index >= 15 is 0 Å². The van der Waals surface area contributed by atoms with Gasteiger partial charge in [0, 0.05) is 11.6 Å². The Balaban J connectivity index is 1.63. The summed E-state index contributed by atoms with van der Waals surface area (Å²) in [5.41, 5.74) is 0.283. The van der Waals surface area contributed by atoms with Gasteiger partial charge in [-0.25, -0.2) is 8.78 Å². The number of hydrogen-bond acceptors (Lipinski definition) is 1. The first-order chi connectivity index (χ1) is 9.24. The molecule has 1 N–H and O–H groups in total. The van der Waals surface area contributed by atoms with Gasteiger partial charge in [-0.15, -0.1) is 0 Å². The zero-order valence-corrected chi connectivity index (χ0v) is 11.2. The van der Waals surface area contributed by atoms with Gasteiger partial charge in [-0.1, -0.05) is 12.5 Å². The molecule has 2 saturated carbocycles. The molecule has 2 fully saturated rings. The quantitative estimate of drug-likeness (QED) is 0.856. The number of hydrogen-bond donors (Lipinski definition) is 1. The van der Waals surface area contributed by atoms with Crippen molar-refractivity contribution in [2.45, 2.75) is 44.6 Å². The van der Waals surface area contributed by atoms with Gasteiger partial charge in [0.2, 0.25) is 0 Å². The molecule has 2 aliphatic rings. The van der Waals surface area contributed by atoms with E-state index < -0.39 is 0 Å². The van der Waals surface area contributed by atoms with E-state index in [4.69, 9.17) is 0 Å². The number of rotatable bonds is 5. The standard InChI is InChI=1S/C16H21F2N/c17-15-5-2-6-16(18)14(15)9-11-3-1-4-12(11)10-19-13-7-8-13/h2,5-6,11-13,19H,1,3-4,7-10H2. The SMILES string of the molecule is Fc1cccc(F)c1CC1CCCC1CNC1CC1. The highest BCUT2D eigenvalue weighted by molar-refractivity contribution is 5.20. The third kappa shape index (κ3) is 3.14. The van der Waals surface area contributed by atoms with E-state index in [0.717, 1.165) is 13.0 Å². The van der Waals surface area contributed by atoms with Crippen molar-refractivity contribution in [3.8, 4) is 0 Å². The van der Waals surface area contributed by atoms with Crippen LogP contribution < -0.4 is 5.32 Å². The summed E-state index contributed by atoms with van der Waals surface area (Å²) in [5, 5.41) is 3.56. The van der Waals surface area contributed by atoms with Crippen LogP contribution in [0.15, 0.2) is 18.2 Å². The Morgan fingerprint density at radius 3 is 2.37 bits per heavy atom. The lowest BCUT2D eigenvalue weighted by molar-refractivity contribution is 0.355. The predicted molar refractivity (Wildman–Crippen MR) is 71.9 cm³/mol. The molecule has 0 aromatic heterocycles. The van der Waals surface area contributed by atoms with Gasteiger partial charge in [-0.3, -0.25) is 0 Å². The summed E-state index contributed by atoms with van der Waals surface area (Å²) in [6, 6.07) is 4.89. The van der Waals surface area contributed by atoms with Crippen LogP contribution in [-0.4, -0.2) is 12.6 Å². The highest BCUT2D eigenvalue weighted by Crippen LogP contribution is 2.35. The molecule has 2 atom stereocenters. The van der Waals surface area contributed by atoms with E-state index in [1.165, 1.54) is 43.9 Å². The minimum absolute atomic E-state index is 0.283. The maximum absolute atomic E-state index is 13.7. The molecule has 0 saturated heterocycles. The van der Waals surface area contributed by atoms with Gasteiger partial charge in [0.25, 0.3) is 0 Å². The van der Waals surface area contributed by atoms with E-state index in [1.54, 1.807) is 0 Å². The maximum Gasteiger partial charge on any atom is 0.129 e. The van der Waals surface area contributed by atoms with Crippen LogP contribution in [-0.2, 0) is 6.42 Å². The monoisotopic (exact) mass is 265 g/mol. The maximum atomic E-state index is 13.7. The van der Waals surface area contributed by atoms with E-state index in [2.05, 4.69) is 5.32 Å². The lowest BCUT2D eigenvalue weighted by atomic mass is 9.89. The topological polar surface area (TPSA) is 12.0 Å². The normalized spacial score (nSPS) is 26.8. The van der Waals surface area contributed by atoms with Gasteiger partial charge >= 0.3 is 0 Å². The molecular formula is C16H21F2N. The molecule has 2 unspecified atom stereocenters. The van der Waals surface area contributed by atoms with Crippen LogP contribution in [0.25, 0.3) is 0 Å². The smallest absolute Gasteiger partial charge is 0.129 e. The van der Waals surface area contributed by atoms with E-state index in [9.17, 15) is 8.78 Å². The molecule has 1 aromatic rings. The van der Waals surface area contributed by atoms with Crippen LogP contribution in [0.1, 0.15) is 37.7 Å². The third-order valence-electron chi connectivity index (χ3n) is 4.59. The highest BCUT2D eigenvalue weighted by atomic mass is 19.1. The Bertz CT molecular complexity index is 422. The highest BCUT2D eigenvalue weighted by Gasteiger charge is 2.30. The molecular weight excluding hydrogens is 244 g/mol. The van der Waals surface area contributed by atoms with Crippen molar-refractivity contribution in [1.29, 1.82) is 0 Å². The molecule has 3 rings (SSSR count). The predicted octanol–water partition coefficient (Wildman–Crippen LogP) is 3.68. The summed E-state index contributed by atoms with van der Waals surface area (Å²) < 4.78 is 27.4. The van der Waals surface area contributed by atoms with Crippen LogP contribution in [0, 0.1) is 23.5 Å². The van der Waals surface area contributed by atoms with E-state index in [1.807, 2.05) is 0 Å². The van der Waals surface area contributed by atoms with E-state index in [0.29, 0.717) is 24.3 Å². The second-order valence-electron chi connectivity index (χ2n) is 6.04. The van der Waals surface area contributed by atoms with Crippen LogP contribution in [0.5, 0.6) is 0 Å². The van der Waals surface area contributed by atoms with Crippen molar-refractivity contribution in [3.05, 3.63) is 35.4 Å². The van der Waals surface area contributed by atoms with Crippen molar-refractivity contribution in [2.24, 2.45) is 11.8 Å². The van der Waals surface area contributed by atoms with Gasteiger partial charge in [0.15, 0.2) is 0 Å². The first-order valence-corrected chi connectivity index (χ1v) is 7.40. The Morgan fingerprint density at radius 2 is 1.68 bits per heavy atom. The zero-order valence-electron chi connectivity index (χ0n) is 11.2. The summed E-state index contributed by atoms with van der Waals surface area (Å²) in [6.07, 6.45) is 6.62. The Morgan fingerprint density at radius 1 is 1.00 bits per heavy atom.